The Morgan fingerprint density at radius 2 is 2.31 bits per heavy atom. The van der Waals surface area contributed by atoms with E-state index in [-0.39, 0.29) is 11.6 Å². The second kappa shape index (κ2) is 4.34. The number of likely N-dealkylation sites (tertiary alicyclic amines) is 1. The molecule has 2 rings (SSSR count). The van der Waals surface area contributed by atoms with E-state index in [2.05, 4.69) is 9.68 Å². The standard InChI is InChI=1S/C10H12N2O4/c13-9(7-4-6-16-11-7)12-5-2-1-3-8(12)10(14)15/h4,6,8H,1-3,5H2,(H,14,15)/t8-/m0/s1. The van der Waals surface area contributed by atoms with Gasteiger partial charge in [-0.2, -0.15) is 0 Å². The van der Waals surface area contributed by atoms with Gasteiger partial charge in [-0.1, -0.05) is 5.16 Å². The van der Waals surface area contributed by atoms with Gasteiger partial charge in [-0.3, -0.25) is 4.79 Å². The molecule has 1 amide bonds. The Labute approximate surface area is 91.8 Å². The van der Waals surface area contributed by atoms with E-state index in [0.717, 1.165) is 12.8 Å². The molecule has 0 bridgehead atoms. The van der Waals surface area contributed by atoms with Crippen LogP contribution in [0.5, 0.6) is 0 Å². The topological polar surface area (TPSA) is 83.6 Å². The third-order valence-electron chi connectivity index (χ3n) is 2.71. The van der Waals surface area contributed by atoms with Crippen LogP contribution in [0, 0.1) is 0 Å². The molecule has 1 aromatic rings. The van der Waals surface area contributed by atoms with Gasteiger partial charge in [0.1, 0.15) is 12.3 Å². The summed E-state index contributed by atoms with van der Waals surface area (Å²) in [7, 11) is 0. The van der Waals surface area contributed by atoms with E-state index in [1.165, 1.54) is 17.2 Å². The fourth-order valence-corrected chi connectivity index (χ4v) is 1.90. The van der Waals surface area contributed by atoms with Gasteiger partial charge in [0, 0.05) is 12.6 Å². The molecule has 6 heteroatoms. The van der Waals surface area contributed by atoms with Crippen LogP contribution < -0.4 is 0 Å². The molecule has 1 aromatic heterocycles. The number of hydrogen-bond donors (Lipinski definition) is 1. The summed E-state index contributed by atoms with van der Waals surface area (Å²) < 4.78 is 4.58. The van der Waals surface area contributed by atoms with E-state index in [9.17, 15) is 9.59 Å². The first kappa shape index (κ1) is 10.7. The average Bonchev–Trinajstić information content (AvgIpc) is 2.81. The highest BCUT2D eigenvalue weighted by Gasteiger charge is 2.33. The first-order chi connectivity index (χ1) is 7.70. The average molecular weight is 224 g/mol. The van der Waals surface area contributed by atoms with Crippen LogP contribution in [0.3, 0.4) is 0 Å². The van der Waals surface area contributed by atoms with Gasteiger partial charge in [0.25, 0.3) is 5.91 Å². The van der Waals surface area contributed by atoms with Crippen LogP contribution in [0.4, 0.5) is 0 Å². The first-order valence-electron chi connectivity index (χ1n) is 5.14. The fraction of sp³-hybridized carbons (Fsp3) is 0.500. The van der Waals surface area contributed by atoms with Crippen molar-refractivity contribution in [1.82, 2.24) is 10.1 Å². The van der Waals surface area contributed by atoms with E-state index < -0.39 is 12.0 Å². The number of carbonyl (C=O) groups is 2. The summed E-state index contributed by atoms with van der Waals surface area (Å²) in [5, 5.41) is 12.5. The maximum absolute atomic E-state index is 11.9. The zero-order valence-corrected chi connectivity index (χ0v) is 8.63. The van der Waals surface area contributed by atoms with E-state index >= 15 is 0 Å². The molecule has 1 atom stereocenters. The lowest BCUT2D eigenvalue weighted by atomic mass is 10.0. The SMILES string of the molecule is O=C(O)[C@@H]1CCCCN1C(=O)c1ccon1. The number of carboxylic acids is 1. The smallest absolute Gasteiger partial charge is 0.326 e. The maximum atomic E-state index is 11.9. The van der Waals surface area contributed by atoms with Gasteiger partial charge in [-0.15, -0.1) is 0 Å². The lowest BCUT2D eigenvalue weighted by molar-refractivity contribution is -0.143. The summed E-state index contributed by atoms with van der Waals surface area (Å²) in [5.74, 6) is -1.34. The summed E-state index contributed by atoms with van der Waals surface area (Å²) in [5.41, 5.74) is 0.160. The Bertz CT molecular complexity index is 388. The van der Waals surface area contributed by atoms with Gasteiger partial charge in [-0.25, -0.2) is 4.79 Å². The quantitative estimate of drug-likeness (QED) is 0.801. The summed E-state index contributed by atoms with van der Waals surface area (Å²) in [6.07, 6.45) is 3.46. The number of piperidine rings is 1. The Morgan fingerprint density at radius 3 is 2.94 bits per heavy atom. The van der Waals surface area contributed by atoms with Crippen LogP contribution in [0.25, 0.3) is 0 Å². The third kappa shape index (κ3) is 1.91. The van der Waals surface area contributed by atoms with Gasteiger partial charge in [0.05, 0.1) is 0 Å². The zero-order chi connectivity index (χ0) is 11.5. The van der Waals surface area contributed by atoms with E-state index in [1.807, 2.05) is 0 Å². The molecule has 0 aromatic carbocycles. The van der Waals surface area contributed by atoms with Crippen molar-refractivity contribution < 1.29 is 19.2 Å². The van der Waals surface area contributed by atoms with Crippen molar-refractivity contribution in [3.8, 4) is 0 Å². The van der Waals surface area contributed by atoms with Crippen molar-refractivity contribution in [1.29, 1.82) is 0 Å². The van der Waals surface area contributed by atoms with E-state index in [1.54, 1.807) is 0 Å². The molecule has 1 aliphatic heterocycles. The molecule has 1 aliphatic rings. The summed E-state index contributed by atoms with van der Waals surface area (Å²) in [6.45, 7) is 0.461. The van der Waals surface area contributed by atoms with Crippen molar-refractivity contribution in [2.24, 2.45) is 0 Å². The number of hydrogen-bond acceptors (Lipinski definition) is 4. The molecule has 1 N–H and O–H groups in total. The lowest BCUT2D eigenvalue weighted by Gasteiger charge is -2.32. The predicted octanol–water partition coefficient (Wildman–Crippen LogP) is 0.754. The highest BCUT2D eigenvalue weighted by molar-refractivity contribution is 5.94. The Kier molecular flexibility index (Phi) is 2.89. The molecule has 1 saturated heterocycles. The van der Waals surface area contributed by atoms with Crippen molar-refractivity contribution in [3.05, 3.63) is 18.0 Å². The molecule has 0 radical (unpaired) electrons. The second-order valence-corrected chi connectivity index (χ2v) is 3.73. The van der Waals surface area contributed by atoms with Crippen molar-refractivity contribution in [2.75, 3.05) is 6.54 Å². The predicted molar refractivity (Wildman–Crippen MR) is 52.8 cm³/mol. The summed E-state index contributed by atoms with van der Waals surface area (Å²) in [4.78, 5) is 24.3. The minimum absolute atomic E-state index is 0.160. The van der Waals surface area contributed by atoms with Gasteiger partial charge in [0.2, 0.25) is 0 Å². The lowest BCUT2D eigenvalue weighted by Crippen LogP contribution is -2.48. The number of rotatable bonds is 2. The molecule has 0 spiro atoms. The third-order valence-corrected chi connectivity index (χ3v) is 2.71. The summed E-state index contributed by atoms with van der Waals surface area (Å²) >= 11 is 0. The molecule has 16 heavy (non-hydrogen) atoms. The largest absolute Gasteiger partial charge is 0.480 e. The molecule has 2 heterocycles. The molecular formula is C10H12N2O4. The molecule has 6 nitrogen and oxygen atoms in total. The van der Waals surface area contributed by atoms with Crippen LogP contribution in [-0.2, 0) is 4.79 Å². The maximum Gasteiger partial charge on any atom is 0.326 e. The highest BCUT2D eigenvalue weighted by Crippen LogP contribution is 2.19. The fourth-order valence-electron chi connectivity index (χ4n) is 1.90. The van der Waals surface area contributed by atoms with Crippen LogP contribution in [0.2, 0.25) is 0 Å². The molecule has 0 saturated carbocycles. The van der Waals surface area contributed by atoms with Crippen LogP contribution in [0.1, 0.15) is 29.8 Å². The minimum Gasteiger partial charge on any atom is -0.480 e. The number of aliphatic carboxylic acids is 1. The number of carbonyl (C=O) groups excluding carboxylic acids is 1. The minimum atomic E-state index is -0.962. The molecular weight excluding hydrogens is 212 g/mol. The monoisotopic (exact) mass is 224 g/mol. The molecule has 86 valence electrons. The molecule has 0 unspecified atom stereocenters. The van der Waals surface area contributed by atoms with E-state index in [4.69, 9.17) is 5.11 Å². The van der Waals surface area contributed by atoms with E-state index in [0.29, 0.717) is 13.0 Å². The van der Waals surface area contributed by atoms with Crippen molar-refractivity contribution in [2.45, 2.75) is 25.3 Å². The van der Waals surface area contributed by atoms with Crippen LogP contribution in [0.15, 0.2) is 16.9 Å². The zero-order valence-electron chi connectivity index (χ0n) is 8.63. The van der Waals surface area contributed by atoms with Gasteiger partial charge in [-0.05, 0) is 19.3 Å². The number of nitrogens with zero attached hydrogens (tertiary/aromatic N) is 2. The number of amides is 1. The first-order valence-corrected chi connectivity index (χ1v) is 5.14. The molecule has 0 aliphatic carbocycles. The normalized spacial score (nSPS) is 20.8. The van der Waals surface area contributed by atoms with Gasteiger partial charge >= 0.3 is 5.97 Å². The second-order valence-electron chi connectivity index (χ2n) is 3.73. The van der Waals surface area contributed by atoms with Gasteiger partial charge < -0.3 is 14.5 Å². The summed E-state index contributed by atoms with van der Waals surface area (Å²) in [6, 6.07) is 0.702. The Hall–Kier alpha value is -1.85. The number of aromatic nitrogens is 1. The Morgan fingerprint density at radius 1 is 1.50 bits per heavy atom. The molecule has 1 fully saturated rings. The van der Waals surface area contributed by atoms with Crippen LogP contribution >= 0.6 is 0 Å². The Balaban J connectivity index is 2.17. The van der Waals surface area contributed by atoms with Crippen molar-refractivity contribution >= 4 is 11.9 Å². The highest BCUT2D eigenvalue weighted by atomic mass is 16.5. The number of carboxylic acid groups (broad SMARTS) is 1. The van der Waals surface area contributed by atoms with Crippen LogP contribution in [-0.4, -0.2) is 39.6 Å². The van der Waals surface area contributed by atoms with Gasteiger partial charge in [0.15, 0.2) is 5.69 Å². The van der Waals surface area contributed by atoms with Crippen molar-refractivity contribution in [3.63, 3.8) is 0 Å².